The van der Waals surface area contributed by atoms with E-state index in [0.717, 1.165) is 32.7 Å². The SMILES string of the molecule is CCCN(CC)Cc1ccc(CNCC)cn1. The van der Waals surface area contributed by atoms with Crippen LogP contribution in [0.25, 0.3) is 0 Å². The van der Waals surface area contributed by atoms with E-state index >= 15 is 0 Å². The second-order valence-electron chi connectivity index (χ2n) is 4.31. The van der Waals surface area contributed by atoms with Crippen molar-refractivity contribution in [3.8, 4) is 0 Å². The normalized spacial score (nSPS) is 11.1. The van der Waals surface area contributed by atoms with Gasteiger partial charge < -0.3 is 5.32 Å². The van der Waals surface area contributed by atoms with Gasteiger partial charge in [0.15, 0.2) is 0 Å². The molecule has 0 saturated heterocycles. The summed E-state index contributed by atoms with van der Waals surface area (Å²) in [5, 5.41) is 3.31. The van der Waals surface area contributed by atoms with E-state index in [2.05, 4.69) is 48.1 Å². The van der Waals surface area contributed by atoms with Gasteiger partial charge in [-0.25, -0.2) is 0 Å². The Morgan fingerprint density at radius 2 is 2.06 bits per heavy atom. The molecular weight excluding hydrogens is 210 g/mol. The van der Waals surface area contributed by atoms with Gasteiger partial charge >= 0.3 is 0 Å². The van der Waals surface area contributed by atoms with E-state index in [-0.39, 0.29) is 0 Å². The number of aromatic nitrogens is 1. The molecule has 3 nitrogen and oxygen atoms in total. The van der Waals surface area contributed by atoms with E-state index in [1.54, 1.807) is 0 Å². The first-order chi connectivity index (χ1) is 8.30. The fourth-order valence-electron chi connectivity index (χ4n) is 1.82. The van der Waals surface area contributed by atoms with Crippen molar-refractivity contribution in [1.29, 1.82) is 0 Å². The summed E-state index contributed by atoms with van der Waals surface area (Å²) in [6.45, 7) is 11.7. The molecule has 17 heavy (non-hydrogen) atoms. The molecule has 1 aromatic heterocycles. The van der Waals surface area contributed by atoms with Crippen LogP contribution >= 0.6 is 0 Å². The minimum absolute atomic E-state index is 0.913. The molecule has 1 N–H and O–H groups in total. The van der Waals surface area contributed by atoms with E-state index in [0.29, 0.717) is 0 Å². The van der Waals surface area contributed by atoms with E-state index in [1.807, 2.05) is 6.20 Å². The van der Waals surface area contributed by atoms with Gasteiger partial charge in [0.05, 0.1) is 5.69 Å². The van der Waals surface area contributed by atoms with Gasteiger partial charge in [0.2, 0.25) is 0 Å². The third-order valence-corrected chi connectivity index (χ3v) is 2.84. The van der Waals surface area contributed by atoms with Crippen LogP contribution < -0.4 is 5.32 Å². The second-order valence-corrected chi connectivity index (χ2v) is 4.31. The number of nitrogens with zero attached hydrogens (tertiary/aromatic N) is 2. The molecule has 0 bridgehead atoms. The Balaban J connectivity index is 2.49. The number of rotatable bonds is 8. The highest BCUT2D eigenvalue weighted by molar-refractivity contribution is 5.13. The molecule has 3 heteroatoms. The van der Waals surface area contributed by atoms with Crippen LogP contribution in [-0.4, -0.2) is 29.5 Å². The van der Waals surface area contributed by atoms with E-state index in [9.17, 15) is 0 Å². The van der Waals surface area contributed by atoms with E-state index in [1.165, 1.54) is 17.7 Å². The Hall–Kier alpha value is -0.930. The number of hydrogen-bond acceptors (Lipinski definition) is 3. The van der Waals surface area contributed by atoms with Crippen LogP contribution in [0.1, 0.15) is 38.4 Å². The standard InChI is InChI=1S/C14H25N3/c1-4-9-17(6-3)12-14-8-7-13(11-16-14)10-15-5-2/h7-8,11,15H,4-6,9-10,12H2,1-3H3. The van der Waals surface area contributed by atoms with E-state index in [4.69, 9.17) is 0 Å². The summed E-state index contributed by atoms with van der Waals surface area (Å²) in [6.07, 6.45) is 3.18. The molecule has 0 unspecified atom stereocenters. The average molecular weight is 235 g/mol. The lowest BCUT2D eigenvalue weighted by Gasteiger charge is -2.18. The molecule has 1 heterocycles. The van der Waals surface area contributed by atoms with Crippen molar-refractivity contribution < 1.29 is 0 Å². The number of nitrogens with one attached hydrogen (secondary N) is 1. The lowest BCUT2D eigenvalue weighted by molar-refractivity contribution is 0.277. The highest BCUT2D eigenvalue weighted by atomic mass is 15.1. The fourth-order valence-corrected chi connectivity index (χ4v) is 1.82. The third kappa shape index (κ3) is 5.29. The number of hydrogen-bond donors (Lipinski definition) is 1. The van der Waals surface area contributed by atoms with Gasteiger partial charge in [-0.15, -0.1) is 0 Å². The van der Waals surface area contributed by atoms with Gasteiger partial charge in [0.1, 0.15) is 0 Å². The van der Waals surface area contributed by atoms with Crippen LogP contribution in [0.5, 0.6) is 0 Å². The molecule has 96 valence electrons. The largest absolute Gasteiger partial charge is 0.313 e. The maximum Gasteiger partial charge on any atom is 0.0544 e. The quantitative estimate of drug-likeness (QED) is 0.750. The zero-order chi connectivity index (χ0) is 12.5. The Morgan fingerprint density at radius 1 is 1.24 bits per heavy atom. The van der Waals surface area contributed by atoms with Crippen LogP contribution in [0.2, 0.25) is 0 Å². The van der Waals surface area contributed by atoms with Gasteiger partial charge in [0.25, 0.3) is 0 Å². The van der Waals surface area contributed by atoms with Crippen LogP contribution in [0.15, 0.2) is 18.3 Å². The van der Waals surface area contributed by atoms with Gasteiger partial charge in [-0.05, 0) is 37.7 Å². The van der Waals surface area contributed by atoms with Crippen molar-refractivity contribution in [2.24, 2.45) is 0 Å². The highest BCUT2D eigenvalue weighted by Crippen LogP contribution is 2.04. The molecule has 1 rings (SSSR count). The maximum absolute atomic E-state index is 4.52. The first kappa shape index (κ1) is 14.1. The molecular formula is C14H25N3. The van der Waals surface area contributed by atoms with Gasteiger partial charge in [-0.2, -0.15) is 0 Å². The molecule has 0 aliphatic carbocycles. The minimum Gasteiger partial charge on any atom is -0.313 e. The topological polar surface area (TPSA) is 28.2 Å². The molecule has 0 aliphatic heterocycles. The van der Waals surface area contributed by atoms with Crippen LogP contribution in [-0.2, 0) is 13.1 Å². The van der Waals surface area contributed by atoms with Crippen molar-refractivity contribution >= 4 is 0 Å². The maximum atomic E-state index is 4.52. The van der Waals surface area contributed by atoms with Gasteiger partial charge in [-0.1, -0.05) is 26.8 Å². The molecule has 0 saturated carbocycles. The molecule has 0 fully saturated rings. The predicted octanol–water partition coefficient (Wildman–Crippen LogP) is 2.42. The predicted molar refractivity (Wildman–Crippen MR) is 72.9 cm³/mol. The summed E-state index contributed by atoms with van der Waals surface area (Å²) >= 11 is 0. The highest BCUT2D eigenvalue weighted by Gasteiger charge is 2.03. The van der Waals surface area contributed by atoms with Gasteiger partial charge in [0, 0.05) is 19.3 Å². The second kappa shape index (κ2) is 8.20. The zero-order valence-electron chi connectivity index (χ0n) is 11.4. The Morgan fingerprint density at radius 3 is 2.59 bits per heavy atom. The van der Waals surface area contributed by atoms with Crippen molar-refractivity contribution in [3.63, 3.8) is 0 Å². The van der Waals surface area contributed by atoms with Crippen molar-refractivity contribution in [2.75, 3.05) is 19.6 Å². The van der Waals surface area contributed by atoms with Gasteiger partial charge in [-0.3, -0.25) is 9.88 Å². The fraction of sp³-hybridized carbons (Fsp3) is 0.643. The molecule has 0 spiro atoms. The summed E-state index contributed by atoms with van der Waals surface area (Å²) in [5.74, 6) is 0. The number of pyridine rings is 1. The molecule has 1 aromatic rings. The summed E-state index contributed by atoms with van der Waals surface area (Å²) in [7, 11) is 0. The molecule has 0 atom stereocenters. The Kier molecular flexibility index (Phi) is 6.82. The first-order valence-corrected chi connectivity index (χ1v) is 6.67. The van der Waals surface area contributed by atoms with Crippen LogP contribution in [0.3, 0.4) is 0 Å². The summed E-state index contributed by atoms with van der Waals surface area (Å²) in [4.78, 5) is 6.94. The van der Waals surface area contributed by atoms with E-state index < -0.39 is 0 Å². The van der Waals surface area contributed by atoms with Crippen molar-refractivity contribution in [3.05, 3.63) is 29.6 Å². The van der Waals surface area contributed by atoms with Crippen molar-refractivity contribution in [2.45, 2.75) is 40.3 Å². The molecule has 0 radical (unpaired) electrons. The monoisotopic (exact) mass is 235 g/mol. The van der Waals surface area contributed by atoms with Crippen LogP contribution in [0, 0.1) is 0 Å². The summed E-state index contributed by atoms with van der Waals surface area (Å²) in [6, 6.07) is 4.32. The average Bonchev–Trinajstić information content (AvgIpc) is 2.37. The smallest absolute Gasteiger partial charge is 0.0544 e. The zero-order valence-corrected chi connectivity index (χ0v) is 11.4. The Bertz CT molecular complexity index is 295. The first-order valence-electron chi connectivity index (χ1n) is 6.67. The third-order valence-electron chi connectivity index (χ3n) is 2.84. The molecule has 0 aromatic carbocycles. The van der Waals surface area contributed by atoms with Crippen LogP contribution in [0.4, 0.5) is 0 Å². The molecule has 0 aliphatic rings. The molecule has 0 amide bonds. The lowest BCUT2D eigenvalue weighted by Crippen LogP contribution is -2.24. The summed E-state index contributed by atoms with van der Waals surface area (Å²) < 4.78 is 0. The van der Waals surface area contributed by atoms with Crippen molar-refractivity contribution in [1.82, 2.24) is 15.2 Å². The Labute approximate surface area is 105 Å². The lowest BCUT2D eigenvalue weighted by atomic mass is 10.2. The summed E-state index contributed by atoms with van der Waals surface area (Å²) in [5.41, 5.74) is 2.43. The minimum atomic E-state index is 0.913.